The van der Waals surface area contributed by atoms with Gasteiger partial charge in [-0.1, -0.05) is 6.07 Å². The highest BCUT2D eigenvalue weighted by atomic mass is 16.1. The lowest BCUT2D eigenvalue weighted by molar-refractivity contribution is -0.109. The number of carbonyl (C=O) groups is 1. The number of piperazine rings is 1. The molecule has 0 radical (unpaired) electrons. The smallest absolute Gasteiger partial charge is 0.138 e. The van der Waals surface area contributed by atoms with Crippen LogP contribution in [0.2, 0.25) is 0 Å². The van der Waals surface area contributed by atoms with Crippen molar-refractivity contribution in [2.75, 3.05) is 24.5 Å². The Morgan fingerprint density at radius 1 is 1.14 bits per heavy atom. The molecule has 0 aromatic carbocycles. The van der Waals surface area contributed by atoms with Crippen molar-refractivity contribution in [3.63, 3.8) is 0 Å². The third-order valence-electron chi connectivity index (χ3n) is 5.08. The number of fused-ring (bicyclic) bond motifs is 1. The molecular weight excluding hydrogens is 366 g/mol. The number of nitrogens with zero attached hydrogens (tertiary/aromatic N) is 5. The Balaban J connectivity index is 1.53. The molecule has 0 spiro atoms. The van der Waals surface area contributed by atoms with Gasteiger partial charge in [0.15, 0.2) is 0 Å². The van der Waals surface area contributed by atoms with Crippen LogP contribution in [0.4, 0.5) is 5.82 Å². The fourth-order valence-electron chi connectivity index (χ4n) is 3.59. The largest absolute Gasteiger partial charge is 0.353 e. The topological polar surface area (TPSA) is 99.7 Å². The van der Waals surface area contributed by atoms with Gasteiger partial charge < -0.3 is 15.0 Å². The normalized spacial score (nSPS) is 16.8. The van der Waals surface area contributed by atoms with Crippen LogP contribution < -0.4 is 10.2 Å². The molecule has 1 aliphatic heterocycles. The number of aromatic amines is 1. The fraction of sp³-hybridized carbons (Fsp3) is 0.190. The summed E-state index contributed by atoms with van der Waals surface area (Å²) in [7, 11) is 0. The molecule has 0 saturated carbocycles. The summed E-state index contributed by atoms with van der Waals surface area (Å²) in [6.07, 6.45) is 6.26. The zero-order chi connectivity index (χ0) is 19.6. The summed E-state index contributed by atoms with van der Waals surface area (Å²) in [5.74, 6) is 0.841. The lowest BCUT2D eigenvalue weighted by Gasteiger charge is -2.32. The molecule has 8 heteroatoms. The number of anilines is 1. The van der Waals surface area contributed by atoms with E-state index in [-0.39, 0.29) is 6.04 Å². The number of hydrogen-bond acceptors (Lipinski definition) is 7. The summed E-state index contributed by atoms with van der Waals surface area (Å²) in [6, 6.07) is 11.6. The summed E-state index contributed by atoms with van der Waals surface area (Å²) in [4.78, 5) is 26.8. The molecule has 4 aromatic rings. The molecule has 1 aliphatic rings. The fourth-order valence-corrected chi connectivity index (χ4v) is 3.59. The molecule has 0 amide bonds. The second kappa shape index (κ2) is 7.40. The maximum absolute atomic E-state index is 11.2. The van der Waals surface area contributed by atoms with Gasteiger partial charge in [0.2, 0.25) is 0 Å². The molecule has 8 nitrogen and oxygen atoms in total. The maximum Gasteiger partial charge on any atom is 0.138 e. The van der Waals surface area contributed by atoms with Crippen LogP contribution in [0.3, 0.4) is 0 Å². The number of rotatable bonds is 4. The lowest BCUT2D eigenvalue weighted by Crippen LogP contribution is -2.51. The van der Waals surface area contributed by atoms with Crippen molar-refractivity contribution in [1.82, 2.24) is 30.5 Å². The van der Waals surface area contributed by atoms with Gasteiger partial charge >= 0.3 is 0 Å². The number of aldehydes is 1. The summed E-state index contributed by atoms with van der Waals surface area (Å²) in [5, 5.41) is 11.7. The van der Waals surface area contributed by atoms with Crippen LogP contribution in [0.15, 0.2) is 55.0 Å². The Hall–Kier alpha value is -3.65. The third kappa shape index (κ3) is 3.34. The van der Waals surface area contributed by atoms with Crippen LogP contribution in [0.5, 0.6) is 0 Å². The molecule has 2 N–H and O–H groups in total. The molecule has 5 heterocycles. The molecule has 1 atom stereocenters. The molecule has 0 bridgehead atoms. The first-order valence-corrected chi connectivity index (χ1v) is 9.47. The highest BCUT2D eigenvalue weighted by molar-refractivity contribution is 5.93. The predicted octanol–water partition coefficient (Wildman–Crippen LogP) is 2.06. The molecule has 4 aromatic heterocycles. The van der Waals surface area contributed by atoms with Gasteiger partial charge in [0.05, 0.1) is 29.1 Å². The minimum Gasteiger partial charge on any atom is -0.353 e. The molecule has 1 saturated heterocycles. The van der Waals surface area contributed by atoms with E-state index < -0.39 is 0 Å². The first-order valence-electron chi connectivity index (χ1n) is 9.47. The van der Waals surface area contributed by atoms with Gasteiger partial charge in [0.1, 0.15) is 17.8 Å². The number of carbonyl (C=O) groups excluding carboxylic acids is 1. The van der Waals surface area contributed by atoms with E-state index in [0.717, 1.165) is 58.7 Å². The zero-order valence-corrected chi connectivity index (χ0v) is 15.6. The SMILES string of the molecule is O=CC1CN(c2cccc(-c3n[nH]c4cnc(-c5cccnc5)cc34)n2)CCN1. The summed E-state index contributed by atoms with van der Waals surface area (Å²) in [6.45, 7) is 2.16. The quantitative estimate of drug-likeness (QED) is 0.519. The average Bonchev–Trinajstić information content (AvgIpc) is 3.23. The Kier molecular flexibility index (Phi) is 4.45. The molecule has 5 rings (SSSR count). The number of hydrogen-bond donors (Lipinski definition) is 2. The van der Waals surface area contributed by atoms with Crippen LogP contribution >= 0.6 is 0 Å². The van der Waals surface area contributed by atoms with Gasteiger partial charge in [-0.3, -0.25) is 15.1 Å². The van der Waals surface area contributed by atoms with E-state index >= 15 is 0 Å². The van der Waals surface area contributed by atoms with Crippen LogP contribution in [0, 0.1) is 0 Å². The van der Waals surface area contributed by atoms with Crippen molar-refractivity contribution in [3.05, 3.63) is 55.0 Å². The minimum atomic E-state index is -0.173. The average molecular weight is 385 g/mol. The Labute approximate surface area is 167 Å². The second-order valence-electron chi connectivity index (χ2n) is 6.95. The highest BCUT2D eigenvalue weighted by Gasteiger charge is 2.20. The van der Waals surface area contributed by atoms with Crippen molar-refractivity contribution in [3.8, 4) is 22.6 Å². The predicted molar refractivity (Wildman–Crippen MR) is 110 cm³/mol. The summed E-state index contributed by atoms with van der Waals surface area (Å²) < 4.78 is 0. The van der Waals surface area contributed by atoms with Crippen LogP contribution in [0.1, 0.15) is 0 Å². The van der Waals surface area contributed by atoms with Gasteiger partial charge in [0, 0.05) is 43.0 Å². The molecule has 0 aliphatic carbocycles. The Morgan fingerprint density at radius 2 is 2.10 bits per heavy atom. The number of pyridine rings is 3. The van der Waals surface area contributed by atoms with Gasteiger partial charge in [-0.15, -0.1) is 0 Å². The lowest BCUT2D eigenvalue weighted by atomic mass is 10.1. The van der Waals surface area contributed by atoms with Gasteiger partial charge in [0.25, 0.3) is 0 Å². The van der Waals surface area contributed by atoms with Crippen molar-refractivity contribution in [2.45, 2.75) is 6.04 Å². The van der Waals surface area contributed by atoms with E-state index in [9.17, 15) is 4.79 Å². The minimum absolute atomic E-state index is 0.173. The van der Waals surface area contributed by atoms with Crippen LogP contribution in [-0.2, 0) is 4.79 Å². The number of aromatic nitrogens is 5. The molecular formula is C21H19N7O. The van der Waals surface area contributed by atoms with E-state index in [1.165, 1.54) is 0 Å². The van der Waals surface area contributed by atoms with E-state index in [0.29, 0.717) is 6.54 Å². The molecule has 29 heavy (non-hydrogen) atoms. The summed E-state index contributed by atoms with van der Waals surface area (Å²) >= 11 is 0. The Bertz CT molecular complexity index is 1160. The van der Waals surface area contributed by atoms with Gasteiger partial charge in [-0.25, -0.2) is 4.98 Å². The van der Waals surface area contributed by atoms with E-state index in [4.69, 9.17) is 4.98 Å². The number of H-pyrrole nitrogens is 1. The molecule has 1 fully saturated rings. The van der Waals surface area contributed by atoms with Crippen molar-refractivity contribution in [2.24, 2.45) is 0 Å². The summed E-state index contributed by atoms with van der Waals surface area (Å²) in [5.41, 5.74) is 4.18. The third-order valence-corrected chi connectivity index (χ3v) is 5.08. The van der Waals surface area contributed by atoms with Crippen molar-refractivity contribution in [1.29, 1.82) is 0 Å². The monoisotopic (exact) mass is 385 g/mol. The molecule has 1 unspecified atom stereocenters. The van der Waals surface area contributed by atoms with Crippen molar-refractivity contribution >= 4 is 23.0 Å². The van der Waals surface area contributed by atoms with Crippen LogP contribution in [0.25, 0.3) is 33.5 Å². The van der Waals surface area contributed by atoms with Gasteiger partial charge in [-0.05, 0) is 30.3 Å². The first-order chi connectivity index (χ1) is 14.3. The van der Waals surface area contributed by atoms with E-state index in [1.807, 2.05) is 36.4 Å². The Morgan fingerprint density at radius 3 is 2.97 bits per heavy atom. The number of nitrogens with one attached hydrogen (secondary N) is 2. The zero-order valence-electron chi connectivity index (χ0n) is 15.6. The van der Waals surface area contributed by atoms with E-state index in [1.54, 1.807) is 18.6 Å². The first kappa shape index (κ1) is 17.4. The second-order valence-corrected chi connectivity index (χ2v) is 6.95. The van der Waals surface area contributed by atoms with Gasteiger partial charge in [-0.2, -0.15) is 5.10 Å². The highest BCUT2D eigenvalue weighted by Crippen LogP contribution is 2.29. The maximum atomic E-state index is 11.2. The van der Waals surface area contributed by atoms with Crippen molar-refractivity contribution < 1.29 is 4.79 Å². The van der Waals surface area contributed by atoms with Crippen LogP contribution in [-0.4, -0.2) is 57.1 Å². The standard InChI is InChI=1S/C21H19N7O/c29-13-15-12-28(8-7-23-15)20-5-1-4-17(25-20)21-16-9-18(14-3-2-6-22-10-14)24-11-19(16)26-27-21/h1-6,9-11,13,15,23H,7-8,12H2,(H,26,27). The molecule has 144 valence electrons. The van der Waals surface area contributed by atoms with E-state index in [2.05, 4.69) is 30.4 Å².